The molecule has 4 heteroatoms. The van der Waals surface area contributed by atoms with Crippen molar-refractivity contribution in [3.05, 3.63) is 23.3 Å². The first-order chi connectivity index (χ1) is 8.80. The Labute approximate surface area is 115 Å². The lowest BCUT2D eigenvalue weighted by Gasteiger charge is -2.24. The van der Waals surface area contributed by atoms with Gasteiger partial charge in [0.05, 0.1) is 12.7 Å². The van der Waals surface area contributed by atoms with E-state index in [-0.39, 0.29) is 5.41 Å². The van der Waals surface area contributed by atoms with Crippen molar-refractivity contribution in [1.82, 2.24) is 0 Å². The molecule has 0 unspecified atom stereocenters. The molecule has 0 radical (unpaired) electrons. The number of ether oxygens (including phenoxy) is 1. The molecule has 1 aromatic rings. The van der Waals surface area contributed by atoms with Crippen LogP contribution in [-0.2, 0) is 4.74 Å². The number of methoxy groups -OCH3 is 1. The Morgan fingerprint density at radius 1 is 1.42 bits per heavy atom. The van der Waals surface area contributed by atoms with Crippen LogP contribution in [0.3, 0.4) is 0 Å². The van der Waals surface area contributed by atoms with Crippen molar-refractivity contribution in [3.8, 4) is 0 Å². The number of esters is 1. The van der Waals surface area contributed by atoms with E-state index >= 15 is 0 Å². The summed E-state index contributed by atoms with van der Waals surface area (Å²) in [5.41, 5.74) is 8.78. The quantitative estimate of drug-likeness (QED) is 0.633. The third-order valence-electron chi connectivity index (χ3n) is 3.52. The minimum Gasteiger partial charge on any atom is -0.465 e. The van der Waals surface area contributed by atoms with Crippen molar-refractivity contribution in [2.75, 3.05) is 24.7 Å². The van der Waals surface area contributed by atoms with Gasteiger partial charge in [0.2, 0.25) is 0 Å². The molecule has 0 saturated heterocycles. The van der Waals surface area contributed by atoms with Crippen LogP contribution < -0.4 is 11.1 Å². The fraction of sp³-hybridized carbons (Fsp3) is 0.533. The third-order valence-corrected chi connectivity index (χ3v) is 3.52. The summed E-state index contributed by atoms with van der Waals surface area (Å²) in [7, 11) is 1.36. The van der Waals surface area contributed by atoms with Crippen LogP contribution in [0.15, 0.2) is 12.1 Å². The first kappa shape index (κ1) is 15.3. The molecule has 3 N–H and O–H groups in total. The van der Waals surface area contributed by atoms with E-state index in [1.165, 1.54) is 7.11 Å². The number of rotatable bonds is 5. The Morgan fingerprint density at radius 3 is 2.58 bits per heavy atom. The Balaban J connectivity index is 2.98. The van der Waals surface area contributed by atoms with E-state index in [2.05, 4.69) is 26.1 Å². The smallest absolute Gasteiger partial charge is 0.340 e. The first-order valence-corrected chi connectivity index (χ1v) is 6.53. The van der Waals surface area contributed by atoms with E-state index in [0.29, 0.717) is 11.3 Å². The highest BCUT2D eigenvalue weighted by atomic mass is 16.5. The zero-order valence-electron chi connectivity index (χ0n) is 12.5. The standard InChI is InChI=1S/C15H24N2O2/c1-6-15(3,4)9-17-11-7-10(2)13(16)12(8-11)14(18)19-5/h7-8,17H,6,9,16H2,1-5H3. The lowest BCUT2D eigenvalue weighted by atomic mass is 9.90. The molecule has 0 aliphatic heterocycles. The van der Waals surface area contributed by atoms with Crippen LogP contribution in [0.25, 0.3) is 0 Å². The van der Waals surface area contributed by atoms with Crippen LogP contribution in [0.4, 0.5) is 11.4 Å². The fourth-order valence-corrected chi connectivity index (χ4v) is 1.65. The number of carbonyl (C=O) groups excluding carboxylic acids is 1. The number of hydrogen-bond donors (Lipinski definition) is 2. The van der Waals surface area contributed by atoms with Crippen LogP contribution >= 0.6 is 0 Å². The van der Waals surface area contributed by atoms with Crippen LogP contribution in [-0.4, -0.2) is 19.6 Å². The van der Waals surface area contributed by atoms with Gasteiger partial charge in [-0.3, -0.25) is 0 Å². The number of benzene rings is 1. The zero-order chi connectivity index (χ0) is 14.6. The van der Waals surface area contributed by atoms with Crippen LogP contribution in [0.2, 0.25) is 0 Å². The van der Waals surface area contributed by atoms with Gasteiger partial charge in [0.15, 0.2) is 0 Å². The SMILES string of the molecule is CCC(C)(C)CNc1cc(C)c(N)c(C(=O)OC)c1. The predicted molar refractivity (Wildman–Crippen MR) is 79.5 cm³/mol. The second kappa shape index (κ2) is 5.95. The van der Waals surface area contributed by atoms with Gasteiger partial charge in [-0.2, -0.15) is 0 Å². The summed E-state index contributed by atoms with van der Waals surface area (Å²) in [5.74, 6) is -0.404. The molecule has 0 bridgehead atoms. The van der Waals surface area contributed by atoms with Crippen molar-refractivity contribution >= 4 is 17.3 Å². The molecule has 0 aromatic heterocycles. The fourth-order valence-electron chi connectivity index (χ4n) is 1.65. The second-order valence-electron chi connectivity index (χ2n) is 5.62. The predicted octanol–water partition coefficient (Wildman–Crippen LogP) is 3.21. The normalized spacial score (nSPS) is 11.2. The van der Waals surface area contributed by atoms with Crippen molar-refractivity contribution in [2.24, 2.45) is 5.41 Å². The molecule has 0 aliphatic rings. The van der Waals surface area contributed by atoms with Crippen molar-refractivity contribution < 1.29 is 9.53 Å². The summed E-state index contributed by atoms with van der Waals surface area (Å²) in [6, 6.07) is 3.70. The van der Waals surface area contributed by atoms with Gasteiger partial charge in [-0.1, -0.05) is 20.8 Å². The molecule has 0 fully saturated rings. The van der Waals surface area contributed by atoms with Crippen molar-refractivity contribution in [1.29, 1.82) is 0 Å². The van der Waals surface area contributed by atoms with Gasteiger partial charge in [-0.05, 0) is 36.5 Å². The van der Waals surface area contributed by atoms with E-state index in [9.17, 15) is 4.79 Å². The number of nitrogens with two attached hydrogens (primary N) is 1. The van der Waals surface area contributed by atoms with Gasteiger partial charge in [0.25, 0.3) is 0 Å². The van der Waals surface area contributed by atoms with Crippen LogP contribution in [0.5, 0.6) is 0 Å². The number of anilines is 2. The molecule has 1 rings (SSSR count). The summed E-state index contributed by atoms with van der Waals surface area (Å²) in [4.78, 5) is 11.7. The van der Waals surface area contributed by atoms with Crippen LogP contribution in [0, 0.1) is 12.3 Å². The number of aryl methyl sites for hydroxylation is 1. The molecule has 0 spiro atoms. The molecular weight excluding hydrogens is 240 g/mol. The molecule has 0 atom stereocenters. The highest BCUT2D eigenvalue weighted by Crippen LogP contribution is 2.25. The average molecular weight is 264 g/mol. The maximum atomic E-state index is 11.7. The first-order valence-electron chi connectivity index (χ1n) is 6.53. The summed E-state index contributed by atoms with van der Waals surface area (Å²) in [5, 5.41) is 3.36. The van der Waals surface area contributed by atoms with Gasteiger partial charge in [-0.15, -0.1) is 0 Å². The van der Waals surface area contributed by atoms with E-state index in [1.54, 1.807) is 6.07 Å². The molecule has 1 aromatic carbocycles. The van der Waals surface area contributed by atoms with Crippen molar-refractivity contribution in [3.63, 3.8) is 0 Å². The van der Waals surface area contributed by atoms with Gasteiger partial charge < -0.3 is 15.8 Å². The highest BCUT2D eigenvalue weighted by molar-refractivity contribution is 5.97. The monoisotopic (exact) mass is 264 g/mol. The third kappa shape index (κ3) is 3.88. The van der Waals surface area contributed by atoms with E-state index in [4.69, 9.17) is 10.5 Å². The topological polar surface area (TPSA) is 64.3 Å². The van der Waals surface area contributed by atoms with E-state index < -0.39 is 5.97 Å². The molecule has 0 saturated carbocycles. The molecular formula is C15H24N2O2. The van der Waals surface area contributed by atoms with Gasteiger partial charge in [-0.25, -0.2) is 4.79 Å². The molecule has 106 valence electrons. The number of nitrogen functional groups attached to an aromatic ring is 1. The zero-order valence-corrected chi connectivity index (χ0v) is 12.5. The summed E-state index contributed by atoms with van der Waals surface area (Å²) >= 11 is 0. The average Bonchev–Trinajstić information content (AvgIpc) is 2.39. The number of carbonyl (C=O) groups is 1. The maximum absolute atomic E-state index is 11.7. The maximum Gasteiger partial charge on any atom is 0.340 e. The lowest BCUT2D eigenvalue weighted by Crippen LogP contribution is -2.22. The molecule has 4 nitrogen and oxygen atoms in total. The summed E-state index contributed by atoms with van der Waals surface area (Å²) in [6.45, 7) is 9.29. The Morgan fingerprint density at radius 2 is 2.05 bits per heavy atom. The molecule has 19 heavy (non-hydrogen) atoms. The van der Waals surface area contributed by atoms with Gasteiger partial charge in [0.1, 0.15) is 0 Å². The van der Waals surface area contributed by atoms with Crippen LogP contribution in [0.1, 0.15) is 43.1 Å². The minimum absolute atomic E-state index is 0.209. The summed E-state index contributed by atoms with van der Waals surface area (Å²) < 4.78 is 4.75. The largest absolute Gasteiger partial charge is 0.465 e. The Hall–Kier alpha value is -1.71. The minimum atomic E-state index is -0.404. The highest BCUT2D eigenvalue weighted by Gasteiger charge is 2.17. The van der Waals surface area contributed by atoms with E-state index in [1.807, 2.05) is 13.0 Å². The number of nitrogens with one attached hydrogen (secondary N) is 1. The van der Waals surface area contributed by atoms with E-state index in [0.717, 1.165) is 24.2 Å². The Bertz CT molecular complexity index is 467. The lowest BCUT2D eigenvalue weighted by molar-refractivity contribution is 0.0602. The van der Waals surface area contributed by atoms with Crippen molar-refractivity contribution in [2.45, 2.75) is 34.1 Å². The molecule has 0 amide bonds. The van der Waals surface area contributed by atoms with Gasteiger partial charge in [0, 0.05) is 17.9 Å². The molecule has 0 aliphatic carbocycles. The van der Waals surface area contributed by atoms with Gasteiger partial charge >= 0.3 is 5.97 Å². The Kier molecular flexibility index (Phi) is 4.81. The second-order valence-corrected chi connectivity index (χ2v) is 5.62. The summed E-state index contributed by atoms with van der Waals surface area (Å²) in [6.07, 6.45) is 1.08. The molecule has 0 heterocycles. The number of hydrogen-bond acceptors (Lipinski definition) is 4.